The summed E-state index contributed by atoms with van der Waals surface area (Å²) in [5.41, 5.74) is 0.905. The first-order chi connectivity index (χ1) is 16.2. The average molecular weight is 489 g/mol. The maximum Gasteiger partial charge on any atom is 0.278 e. The second-order valence-electron chi connectivity index (χ2n) is 9.19. The zero-order valence-electron chi connectivity index (χ0n) is 20.1. The molecule has 34 heavy (non-hydrogen) atoms. The molecule has 0 bridgehead atoms. The number of hydrogen-bond acceptors (Lipinski definition) is 7. The summed E-state index contributed by atoms with van der Waals surface area (Å²) in [5, 5.41) is -0.659. The summed E-state index contributed by atoms with van der Waals surface area (Å²) in [6.45, 7) is 4.94. The van der Waals surface area contributed by atoms with E-state index in [1.165, 1.54) is 13.8 Å². The summed E-state index contributed by atoms with van der Waals surface area (Å²) in [5.74, 6) is 1.76. The molecule has 1 amide bonds. The highest BCUT2D eigenvalue weighted by molar-refractivity contribution is 8.00. The number of sulfone groups is 1. The van der Waals surface area contributed by atoms with Gasteiger partial charge < -0.3 is 23.7 Å². The van der Waals surface area contributed by atoms with Crippen LogP contribution in [0.25, 0.3) is 0 Å². The molecule has 0 N–H and O–H groups in total. The molecule has 2 aliphatic rings. The van der Waals surface area contributed by atoms with Gasteiger partial charge in [0.15, 0.2) is 5.25 Å². The lowest BCUT2D eigenvalue weighted by molar-refractivity contribution is -0.137. The molecule has 0 saturated carbocycles. The van der Waals surface area contributed by atoms with Gasteiger partial charge in [0.1, 0.15) is 23.9 Å². The van der Waals surface area contributed by atoms with Crippen LogP contribution < -0.4 is 14.2 Å². The van der Waals surface area contributed by atoms with Crippen molar-refractivity contribution in [1.82, 2.24) is 9.80 Å². The van der Waals surface area contributed by atoms with Crippen molar-refractivity contribution >= 4 is 16.1 Å². The molecule has 2 aromatic carbocycles. The van der Waals surface area contributed by atoms with Crippen LogP contribution in [0.1, 0.15) is 19.4 Å². The number of ether oxygens (including phenoxy) is 3. The molecule has 2 aliphatic heterocycles. The topological polar surface area (TPSA) is 91.4 Å². The minimum Gasteiger partial charge on any atom is -0.614 e. The standard InChI is InChI=1S/C25H32N2O6S/c1-25(2)24(28)27(12-13-33-19-8-6-5-7-9-19)21-16-26(17-23(21)34(25,29)30)15-18-14-20(31-3)10-11-22(18)32-4/h5-11,14,21,23H,12-13,15-17H2,1-4H3/t21-,23-/m0/s1. The summed E-state index contributed by atoms with van der Waals surface area (Å²) in [6, 6.07) is 14.5. The Morgan fingerprint density at radius 3 is 2.47 bits per heavy atom. The van der Waals surface area contributed by atoms with Gasteiger partial charge in [0.2, 0.25) is 4.75 Å². The SMILES string of the molecule is COc1ccc(OC)c(CN2C[C@H]3[C@H](C2)[S+](=O)([O-])C(C)(C)C(=O)N3CCOc2ccccc2)c1. The van der Waals surface area contributed by atoms with Gasteiger partial charge in [-0.15, -0.1) is 4.21 Å². The minimum atomic E-state index is -3.68. The van der Waals surface area contributed by atoms with Crippen molar-refractivity contribution in [2.24, 2.45) is 0 Å². The number of likely N-dealkylation sites (tertiary alicyclic amines) is 1. The number of fused-ring (bicyclic) bond motifs is 1. The van der Waals surface area contributed by atoms with Gasteiger partial charge in [-0.3, -0.25) is 9.69 Å². The molecular formula is C25H32N2O6S. The van der Waals surface area contributed by atoms with E-state index in [-0.39, 0.29) is 5.91 Å². The van der Waals surface area contributed by atoms with E-state index in [1.807, 2.05) is 48.5 Å². The van der Waals surface area contributed by atoms with Crippen LogP contribution in [0.3, 0.4) is 0 Å². The third-order valence-corrected chi connectivity index (χ3v) is 9.68. The Morgan fingerprint density at radius 1 is 1.06 bits per heavy atom. The Kier molecular flexibility index (Phi) is 6.89. The zero-order chi connectivity index (χ0) is 24.5. The quantitative estimate of drug-likeness (QED) is 0.528. The number of amides is 1. The third-order valence-electron chi connectivity index (χ3n) is 6.82. The largest absolute Gasteiger partial charge is 0.614 e. The smallest absolute Gasteiger partial charge is 0.278 e. The highest BCUT2D eigenvalue weighted by Crippen LogP contribution is 2.41. The number of nitrogens with zero attached hydrogens (tertiary/aromatic N) is 2. The normalized spacial score (nSPS) is 26.3. The molecule has 2 aromatic rings. The number of benzene rings is 2. The van der Waals surface area contributed by atoms with Crippen molar-refractivity contribution in [2.45, 2.75) is 36.4 Å². The minimum absolute atomic E-state index is 0.290. The van der Waals surface area contributed by atoms with Gasteiger partial charge in [0.25, 0.3) is 5.91 Å². The van der Waals surface area contributed by atoms with Crippen LogP contribution in [0.4, 0.5) is 0 Å². The van der Waals surface area contributed by atoms with Gasteiger partial charge >= 0.3 is 0 Å². The molecule has 2 saturated heterocycles. The molecule has 184 valence electrons. The van der Waals surface area contributed by atoms with E-state index in [0.717, 1.165) is 5.56 Å². The van der Waals surface area contributed by atoms with E-state index in [1.54, 1.807) is 19.1 Å². The number of carbonyl (C=O) groups is 1. The fourth-order valence-corrected chi connectivity index (χ4v) is 7.03. The maximum absolute atomic E-state index is 13.4. The van der Waals surface area contributed by atoms with Gasteiger partial charge in [-0.2, -0.15) is 0 Å². The van der Waals surface area contributed by atoms with E-state index in [2.05, 4.69) is 4.90 Å². The lowest BCUT2D eigenvalue weighted by atomic mass is 10.1. The van der Waals surface area contributed by atoms with Crippen LogP contribution >= 0.6 is 0 Å². The van der Waals surface area contributed by atoms with Crippen LogP contribution in [0.2, 0.25) is 0 Å². The summed E-state index contributed by atoms with van der Waals surface area (Å²) < 4.78 is 42.1. The Morgan fingerprint density at radius 2 is 1.79 bits per heavy atom. The molecule has 0 spiro atoms. The van der Waals surface area contributed by atoms with Crippen LogP contribution in [0, 0.1) is 0 Å². The van der Waals surface area contributed by atoms with E-state index in [9.17, 15) is 13.6 Å². The highest BCUT2D eigenvalue weighted by atomic mass is 32.3. The fourth-order valence-electron chi connectivity index (χ4n) is 4.85. The molecule has 2 heterocycles. The van der Waals surface area contributed by atoms with Gasteiger partial charge in [0, 0.05) is 25.2 Å². The number of para-hydroxylation sites is 1. The Balaban J connectivity index is 1.55. The Bertz CT molecular complexity index is 1080. The monoisotopic (exact) mass is 488 g/mol. The second-order valence-corrected chi connectivity index (χ2v) is 11.9. The van der Waals surface area contributed by atoms with Gasteiger partial charge in [-0.1, -0.05) is 18.2 Å². The van der Waals surface area contributed by atoms with Crippen molar-refractivity contribution in [2.75, 3.05) is 40.5 Å². The molecule has 0 aromatic heterocycles. The van der Waals surface area contributed by atoms with E-state index in [4.69, 9.17) is 14.2 Å². The van der Waals surface area contributed by atoms with Crippen molar-refractivity contribution < 1.29 is 27.8 Å². The molecule has 3 atom stereocenters. The molecule has 8 nitrogen and oxygen atoms in total. The van der Waals surface area contributed by atoms with Crippen LogP contribution in [-0.2, 0) is 25.8 Å². The van der Waals surface area contributed by atoms with Crippen LogP contribution in [0.5, 0.6) is 17.2 Å². The van der Waals surface area contributed by atoms with Crippen molar-refractivity contribution in [3.63, 3.8) is 0 Å². The lowest BCUT2D eigenvalue weighted by Crippen LogP contribution is -2.68. The Labute approximate surface area is 202 Å². The summed E-state index contributed by atoms with van der Waals surface area (Å²) >= 11 is 0. The molecule has 9 heteroatoms. The fraction of sp³-hybridized carbons (Fsp3) is 0.480. The predicted molar refractivity (Wildman–Crippen MR) is 129 cm³/mol. The first-order valence-corrected chi connectivity index (χ1v) is 12.9. The first kappa shape index (κ1) is 24.5. The molecule has 0 aliphatic carbocycles. The number of carbonyl (C=O) groups excluding carboxylic acids is 1. The van der Waals surface area contributed by atoms with E-state index < -0.39 is 26.3 Å². The average Bonchev–Trinajstić information content (AvgIpc) is 3.25. The zero-order valence-corrected chi connectivity index (χ0v) is 20.9. The summed E-state index contributed by atoms with van der Waals surface area (Å²) in [4.78, 5) is 17.1. The Hall–Kier alpha value is -2.62. The van der Waals surface area contributed by atoms with Gasteiger partial charge in [-0.05, 0) is 44.2 Å². The van der Waals surface area contributed by atoms with Crippen molar-refractivity contribution in [3.8, 4) is 17.2 Å². The third kappa shape index (κ3) is 4.39. The number of methoxy groups -OCH3 is 2. The van der Waals surface area contributed by atoms with Gasteiger partial charge in [0.05, 0.1) is 37.0 Å². The van der Waals surface area contributed by atoms with Crippen LogP contribution in [-0.4, -0.2) is 76.8 Å². The molecule has 1 unspecified atom stereocenters. The summed E-state index contributed by atoms with van der Waals surface area (Å²) in [6.07, 6.45) is 0. The molecule has 0 radical (unpaired) electrons. The van der Waals surface area contributed by atoms with E-state index >= 15 is 0 Å². The first-order valence-electron chi connectivity index (χ1n) is 11.3. The lowest BCUT2D eigenvalue weighted by Gasteiger charge is -2.46. The van der Waals surface area contributed by atoms with Crippen molar-refractivity contribution in [1.29, 1.82) is 0 Å². The number of hydrogen-bond donors (Lipinski definition) is 0. The molecule has 2 fully saturated rings. The molecule has 4 rings (SSSR count). The van der Waals surface area contributed by atoms with E-state index in [0.29, 0.717) is 50.0 Å². The predicted octanol–water partition coefficient (Wildman–Crippen LogP) is 2.59. The second kappa shape index (κ2) is 9.56. The van der Waals surface area contributed by atoms with Crippen LogP contribution in [0.15, 0.2) is 48.5 Å². The summed E-state index contributed by atoms with van der Waals surface area (Å²) in [7, 11) is -0.472. The van der Waals surface area contributed by atoms with Crippen molar-refractivity contribution in [3.05, 3.63) is 54.1 Å². The maximum atomic E-state index is 13.4. The molecular weight excluding hydrogens is 456 g/mol. The van der Waals surface area contributed by atoms with Gasteiger partial charge in [-0.25, -0.2) is 0 Å². The highest BCUT2D eigenvalue weighted by Gasteiger charge is 2.63. The number of rotatable bonds is 8.